The van der Waals surface area contributed by atoms with E-state index in [1.54, 1.807) is 6.07 Å². The van der Waals surface area contributed by atoms with E-state index in [1.807, 2.05) is 61.3 Å². The molecule has 0 aliphatic heterocycles. The normalized spacial score (nSPS) is 10.6. The van der Waals surface area contributed by atoms with Gasteiger partial charge in [0.2, 0.25) is 5.88 Å². The quantitative estimate of drug-likeness (QED) is 0.386. The fraction of sp³-hybridized carbons (Fsp3) is 0.0952. The molecule has 0 fully saturated rings. The zero-order valence-corrected chi connectivity index (χ0v) is 16.3. The van der Waals surface area contributed by atoms with Crippen molar-refractivity contribution in [1.29, 1.82) is 0 Å². The SMILES string of the molecule is Cc1nc(N(C)c2cccc(Oc3cnc(C(=O)NO)cn3)c2)c2ccccc2n1. The smallest absolute Gasteiger partial charge is 0.294 e. The van der Waals surface area contributed by atoms with E-state index in [2.05, 4.69) is 19.9 Å². The Kier molecular flexibility index (Phi) is 5.19. The van der Waals surface area contributed by atoms with Crippen LogP contribution in [0.1, 0.15) is 16.3 Å². The van der Waals surface area contributed by atoms with Gasteiger partial charge in [-0.2, -0.15) is 0 Å². The molecule has 0 radical (unpaired) electrons. The minimum atomic E-state index is -0.745. The van der Waals surface area contributed by atoms with Gasteiger partial charge in [0.05, 0.1) is 17.9 Å². The molecule has 2 aromatic carbocycles. The molecule has 2 heterocycles. The van der Waals surface area contributed by atoms with Gasteiger partial charge in [0.25, 0.3) is 5.91 Å². The Morgan fingerprint density at radius 1 is 1.07 bits per heavy atom. The van der Waals surface area contributed by atoms with E-state index in [0.717, 1.165) is 22.4 Å². The summed E-state index contributed by atoms with van der Waals surface area (Å²) in [6, 6.07) is 15.3. The van der Waals surface area contributed by atoms with E-state index in [4.69, 9.17) is 9.94 Å². The van der Waals surface area contributed by atoms with Crippen molar-refractivity contribution in [3.05, 3.63) is 72.4 Å². The van der Waals surface area contributed by atoms with E-state index >= 15 is 0 Å². The van der Waals surface area contributed by atoms with E-state index in [1.165, 1.54) is 17.9 Å². The number of para-hydroxylation sites is 1. The average molecular weight is 402 g/mol. The van der Waals surface area contributed by atoms with Crippen molar-refractivity contribution in [3.8, 4) is 11.6 Å². The van der Waals surface area contributed by atoms with Crippen LogP contribution in [0.25, 0.3) is 10.9 Å². The van der Waals surface area contributed by atoms with Gasteiger partial charge in [-0.1, -0.05) is 18.2 Å². The number of benzene rings is 2. The summed E-state index contributed by atoms with van der Waals surface area (Å²) >= 11 is 0. The number of aryl methyl sites for hydroxylation is 1. The van der Waals surface area contributed by atoms with Crippen LogP contribution in [-0.2, 0) is 0 Å². The van der Waals surface area contributed by atoms with Gasteiger partial charge in [0.1, 0.15) is 23.1 Å². The zero-order chi connectivity index (χ0) is 21.1. The number of nitrogens with one attached hydrogen (secondary N) is 1. The van der Waals surface area contributed by atoms with E-state index < -0.39 is 5.91 Å². The zero-order valence-electron chi connectivity index (χ0n) is 16.3. The monoisotopic (exact) mass is 402 g/mol. The largest absolute Gasteiger partial charge is 0.437 e. The fourth-order valence-electron chi connectivity index (χ4n) is 2.97. The van der Waals surface area contributed by atoms with Crippen LogP contribution in [0.2, 0.25) is 0 Å². The fourth-order valence-corrected chi connectivity index (χ4v) is 2.97. The van der Waals surface area contributed by atoms with Gasteiger partial charge in [-0.3, -0.25) is 10.0 Å². The van der Waals surface area contributed by atoms with E-state index in [-0.39, 0.29) is 11.6 Å². The number of aromatic nitrogens is 4. The van der Waals surface area contributed by atoms with Crippen LogP contribution in [0, 0.1) is 6.92 Å². The molecule has 0 bridgehead atoms. The number of ether oxygens (including phenoxy) is 1. The van der Waals surface area contributed by atoms with Gasteiger partial charge in [0, 0.05) is 24.2 Å². The summed E-state index contributed by atoms with van der Waals surface area (Å²) in [5.74, 6) is 1.49. The molecule has 2 aromatic heterocycles. The van der Waals surface area contributed by atoms with Gasteiger partial charge >= 0.3 is 0 Å². The maximum atomic E-state index is 11.3. The van der Waals surface area contributed by atoms with Gasteiger partial charge in [-0.15, -0.1) is 0 Å². The summed E-state index contributed by atoms with van der Waals surface area (Å²) in [6.45, 7) is 1.86. The molecular weight excluding hydrogens is 384 g/mol. The molecule has 1 amide bonds. The molecule has 4 rings (SSSR count). The molecule has 2 N–H and O–H groups in total. The lowest BCUT2D eigenvalue weighted by molar-refractivity contribution is 0.0700. The number of nitrogens with zero attached hydrogens (tertiary/aromatic N) is 5. The molecule has 0 aliphatic carbocycles. The van der Waals surface area contributed by atoms with Crippen LogP contribution in [0.5, 0.6) is 11.6 Å². The molecule has 0 saturated heterocycles. The summed E-state index contributed by atoms with van der Waals surface area (Å²) < 4.78 is 5.76. The first-order chi connectivity index (χ1) is 14.5. The van der Waals surface area contributed by atoms with Crippen molar-refractivity contribution in [2.75, 3.05) is 11.9 Å². The second-order valence-corrected chi connectivity index (χ2v) is 6.45. The highest BCUT2D eigenvalue weighted by atomic mass is 16.5. The second-order valence-electron chi connectivity index (χ2n) is 6.45. The lowest BCUT2D eigenvalue weighted by Crippen LogP contribution is -2.20. The van der Waals surface area contributed by atoms with Crippen molar-refractivity contribution in [2.24, 2.45) is 0 Å². The standard InChI is InChI=1S/C21H18N6O3/c1-13-24-17-9-4-3-8-16(17)20(25-13)27(2)14-6-5-7-15(10-14)30-19-12-22-18(11-23-19)21(28)26-29/h3-12,29H,1-2H3,(H,26,28). The molecule has 150 valence electrons. The molecule has 0 saturated carbocycles. The number of carbonyl (C=O) groups excluding carboxylic acids is 1. The third kappa shape index (κ3) is 3.87. The molecule has 9 nitrogen and oxygen atoms in total. The van der Waals surface area contributed by atoms with Crippen LogP contribution in [-0.4, -0.2) is 38.1 Å². The average Bonchev–Trinajstić information content (AvgIpc) is 2.78. The Morgan fingerprint density at radius 3 is 2.67 bits per heavy atom. The summed E-state index contributed by atoms with van der Waals surface area (Å²) in [6.07, 6.45) is 2.52. The molecular formula is C21H18N6O3. The number of anilines is 2. The molecule has 0 aliphatic rings. The Hall–Kier alpha value is -4.11. The maximum absolute atomic E-state index is 11.3. The van der Waals surface area contributed by atoms with Crippen molar-refractivity contribution >= 4 is 28.3 Å². The van der Waals surface area contributed by atoms with Gasteiger partial charge in [-0.25, -0.2) is 25.4 Å². The topological polar surface area (TPSA) is 113 Å². The number of amides is 1. The first-order valence-electron chi connectivity index (χ1n) is 9.06. The number of hydrogen-bond acceptors (Lipinski definition) is 8. The van der Waals surface area contributed by atoms with Crippen molar-refractivity contribution < 1.29 is 14.7 Å². The Morgan fingerprint density at radius 2 is 1.90 bits per heavy atom. The number of fused-ring (bicyclic) bond motifs is 1. The highest BCUT2D eigenvalue weighted by Gasteiger charge is 2.13. The Balaban J connectivity index is 1.62. The van der Waals surface area contributed by atoms with Gasteiger partial charge in [-0.05, 0) is 31.2 Å². The number of carbonyl (C=O) groups is 1. The molecule has 0 spiro atoms. The van der Waals surface area contributed by atoms with Gasteiger partial charge < -0.3 is 9.64 Å². The van der Waals surface area contributed by atoms with Crippen LogP contribution in [0.15, 0.2) is 60.9 Å². The number of rotatable bonds is 5. The minimum absolute atomic E-state index is 0.0238. The highest BCUT2D eigenvalue weighted by molar-refractivity contribution is 5.91. The number of hydroxylamine groups is 1. The molecule has 0 atom stereocenters. The first-order valence-corrected chi connectivity index (χ1v) is 9.06. The van der Waals surface area contributed by atoms with E-state index in [0.29, 0.717) is 11.6 Å². The maximum Gasteiger partial charge on any atom is 0.294 e. The van der Waals surface area contributed by atoms with Crippen LogP contribution in [0.3, 0.4) is 0 Å². The first kappa shape index (κ1) is 19.2. The Bertz CT molecular complexity index is 1210. The van der Waals surface area contributed by atoms with Crippen LogP contribution >= 0.6 is 0 Å². The summed E-state index contributed by atoms with van der Waals surface area (Å²) in [7, 11) is 1.93. The van der Waals surface area contributed by atoms with Crippen molar-refractivity contribution in [1.82, 2.24) is 25.4 Å². The molecule has 4 aromatic rings. The van der Waals surface area contributed by atoms with Crippen molar-refractivity contribution in [2.45, 2.75) is 6.92 Å². The lowest BCUT2D eigenvalue weighted by atomic mass is 10.2. The third-order valence-corrected chi connectivity index (χ3v) is 4.40. The predicted octanol–water partition coefficient (Wildman–Crippen LogP) is 3.41. The summed E-state index contributed by atoms with van der Waals surface area (Å²) in [5, 5.41) is 9.59. The lowest BCUT2D eigenvalue weighted by Gasteiger charge is -2.21. The predicted molar refractivity (Wildman–Crippen MR) is 110 cm³/mol. The third-order valence-electron chi connectivity index (χ3n) is 4.40. The van der Waals surface area contributed by atoms with Gasteiger partial charge in [0.15, 0.2) is 0 Å². The minimum Gasteiger partial charge on any atom is -0.437 e. The summed E-state index contributed by atoms with van der Waals surface area (Å²) in [4.78, 5) is 30.4. The second kappa shape index (κ2) is 8.10. The van der Waals surface area contributed by atoms with E-state index in [9.17, 15) is 4.79 Å². The number of hydrogen-bond donors (Lipinski definition) is 2. The summed E-state index contributed by atoms with van der Waals surface area (Å²) in [5.41, 5.74) is 3.22. The van der Waals surface area contributed by atoms with Crippen LogP contribution < -0.4 is 15.1 Å². The van der Waals surface area contributed by atoms with Crippen molar-refractivity contribution in [3.63, 3.8) is 0 Å². The molecule has 30 heavy (non-hydrogen) atoms. The Labute approximate surface area is 172 Å². The highest BCUT2D eigenvalue weighted by Crippen LogP contribution is 2.31. The van der Waals surface area contributed by atoms with Crippen LogP contribution in [0.4, 0.5) is 11.5 Å². The molecule has 0 unspecified atom stereocenters. The molecule has 9 heteroatoms.